The summed E-state index contributed by atoms with van der Waals surface area (Å²) in [5.41, 5.74) is 3.27. The number of nitrogens with zero attached hydrogens (tertiary/aromatic N) is 4. The van der Waals surface area contributed by atoms with Crippen LogP contribution in [0.3, 0.4) is 0 Å². The number of fused-ring (bicyclic) bond motifs is 2. The van der Waals surface area contributed by atoms with E-state index in [1.54, 1.807) is 11.3 Å². The molecule has 1 saturated heterocycles. The fourth-order valence-electron chi connectivity index (χ4n) is 4.48. The molecule has 4 heterocycles. The van der Waals surface area contributed by atoms with E-state index in [-0.39, 0.29) is 18.0 Å². The predicted molar refractivity (Wildman–Crippen MR) is 128 cm³/mol. The minimum absolute atomic E-state index is 0. The molecule has 2 aliphatic heterocycles. The minimum atomic E-state index is 0. The lowest BCUT2D eigenvalue weighted by atomic mass is 10.1. The molecule has 30 heavy (non-hydrogen) atoms. The molecular weight excluding hydrogens is 416 g/mol. The maximum Gasteiger partial charge on any atom is 0.257 e. The molecule has 0 bridgehead atoms. The van der Waals surface area contributed by atoms with Crippen LogP contribution in [0.2, 0.25) is 0 Å². The summed E-state index contributed by atoms with van der Waals surface area (Å²) in [6.45, 7) is 7.75. The molecule has 7 heteroatoms. The quantitative estimate of drug-likeness (QED) is 0.613. The summed E-state index contributed by atoms with van der Waals surface area (Å²) < 4.78 is 3.19. The van der Waals surface area contributed by atoms with Gasteiger partial charge < -0.3 is 4.90 Å². The second-order valence-electron chi connectivity index (χ2n) is 7.87. The zero-order valence-corrected chi connectivity index (χ0v) is 18.8. The fraction of sp³-hybridized carbons (Fsp3) is 0.391. The van der Waals surface area contributed by atoms with Crippen LogP contribution in [0.4, 0.5) is 5.69 Å². The number of benzene rings is 1. The van der Waals surface area contributed by atoms with Crippen LogP contribution in [-0.2, 0) is 13.0 Å². The first-order valence-electron chi connectivity index (χ1n) is 10.4. The van der Waals surface area contributed by atoms with Crippen molar-refractivity contribution in [2.45, 2.75) is 26.3 Å². The minimum Gasteiger partial charge on any atom is -0.368 e. The molecule has 0 amide bonds. The zero-order chi connectivity index (χ0) is 19.8. The van der Waals surface area contributed by atoms with Crippen molar-refractivity contribution in [2.24, 2.45) is 0 Å². The van der Waals surface area contributed by atoms with Gasteiger partial charge in [-0.05, 0) is 49.4 Å². The fourth-order valence-corrected chi connectivity index (χ4v) is 5.29. The number of aromatic nitrogens is 2. The Morgan fingerprint density at radius 3 is 2.77 bits per heavy atom. The Bertz CT molecular complexity index is 1130. The molecule has 0 unspecified atom stereocenters. The van der Waals surface area contributed by atoms with E-state index in [9.17, 15) is 4.79 Å². The predicted octanol–water partition coefficient (Wildman–Crippen LogP) is 3.97. The molecule has 0 saturated carbocycles. The molecule has 2 aliphatic rings. The van der Waals surface area contributed by atoms with Gasteiger partial charge in [-0.3, -0.25) is 14.3 Å². The third-order valence-corrected chi connectivity index (χ3v) is 7.03. The van der Waals surface area contributed by atoms with Gasteiger partial charge in [0.05, 0.1) is 0 Å². The molecule has 0 radical (unpaired) electrons. The summed E-state index contributed by atoms with van der Waals surface area (Å²) >= 11 is 1.81. The van der Waals surface area contributed by atoms with Crippen molar-refractivity contribution < 1.29 is 0 Å². The topological polar surface area (TPSA) is 41.4 Å². The van der Waals surface area contributed by atoms with Crippen LogP contribution in [0.15, 0.2) is 40.5 Å². The molecule has 0 N–H and O–H groups in total. The van der Waals surface area contributed by atoms with Crippen molar-refractivity contribution >= 4 is 45.6 Å². The van der Waals surface area contributed by atoms with Crippen molar-refractivity contribution in [1.82, 2.24) is 14.5 Å². The van der Waals surface area contributed by atoms with Gasteiger partial charge in [-0.1, -0.05) is 12.1 Å². The van der Waals surface area contributed by atoms with Gasteiger partial charge in [0.15, 0.2) is 0 Å². The lowest BCUT2D eigenvalue weighted by Crippen LogP contribution is -2.47. The first kappa shape index (κ1) is 21.1. The van der Waals surface area contributed by atoms with E-state index in [0.717, 1.165) is 69.2 Å². The highest BCUT2D eigenvalue weighted by Gasteiger charge is 2.20. The van der Waals surface area contributed by atoms with Gasteiger partial charge in [0, 0.05) is 66.3 Å². The first-order chi connectivity index (χ1) is 14.2. The van der Waals surface area contributed by atoms with Crippen LogP contribution in [0.1, 0.15) is 23.5 Å². The highest BCUT2D eigenvalue weighted by molar-refractivity contribution is 7.17. The molecule has 5 nitrogen and oxygen atoms in total. The Morgan fingerprint density at radius 1 is 1.10 bits per heavy atom. The van der Waals surface area contributed by atoms with Crippen molar-refractivity contribution in [1.29, 1.82) is 0 Å². The lowest BCUT2D eigenvalue weighted by molar-refractivity contribution is 0.260. The third-order valence-electron chi connectivity index (χ3n) is 6.15. The Balaban J connectivity index is 0.00000218. The van der Waals surface area contributed by atoms with E-state index in [1.165, 1.54) is 15.8 Å². The second-order valence-corrected chi connectivity index (χ2v) is 8.82. The Hall–Kier alpha value is -2.15. The van der Waals surface area contributed by atoms with Gasteiger partial charge in [0.2, 0.25) is 0 Å². The molecule has 1 fully saturated rings. The Kier molecular flexibility index (Phi) is 6.27. The number of hydrogen-bond donors (Lipinski definition) is 0. The standard InChI is InChI=1S/C23H26N4OS.ClH/c1-17-18(23(28)27-10-3-2-7-22(27)24-17)8-11-25-12-14-26(15-13-25)20-5-4-6-21-19(20)9-16-29-21;/h2,4-7,9,16H,3,8,10-15H2,1H3;1H. The summed E-state index contributed by atoms with van der Waals surface area (Å²) in [6.07, 6.45) is 5.75. The van der Waals surface area contributed by atoms with Gasteiger partial charge in [0.25, 0.3) is 5.56 Å². The van der Waals surface area contributed by atoms with E-state index in [0.29, 0.717) is 0 Å². The Labute approximate surface area is 187 Å². The molecule has 3 aromatic rings. The summed E-state index contributed by atoms with van der Waals surface area (Å²) in [5, 5.41) is 3.54. The molecule has 5 rings (SSSR count). The molecule has 0 atom stereocenters. The number of piperazine rings is 1. The average molecular weight is 443 g/mol. The normalized spacial score (nSPS) is 16.5. The average Bonchev–Trinajstić information content (AvgIpc) is 3.23. The molecule has 2 aromatic heterocycles. The zero-order valence-electron chi connectivity index (χ0n) is 17.2. The summed E-state index contributed by atoms with van der Waals surface area (Å²) in [5.74, 6) is 0.804. The van der Waals surface area contributed by atoms with E-state index in [1.807, 2.05) is 17.6 Å². The van der Waals surface area contributed by atoms with E-state index < -0.39 is 0 Å². The number of thiophene rings is 1. The largest absolute Gasteiger partial charge is 0.368 e. The molecule has 1 aromatic carbocycles. The van der Waals surface area contributed by atoms with Crippen LogP contribution >= 0.6 is 23.7 Å². The maximum atomic E-state index is 12.9. The third kappa shape index (κ3) is 3.92. The summed E-state index contributed by atoms with van der Waals surface area (Å²) in [7, 11) is 0. The van der Waals surface area contributed by atoms with Crippen LogP contribution in [0.5, 0.6) is 0 Å². The Morgan fingerprint density at radius 2 is 1.93 bits per heavy atom. The van der Waals surface area contributed by atoms with E-state index >= 15 is 0 Å². The molecule has 158 valence electrons. The lowest BCUT2D eigenvalue weighted by Gasteiger charge is -2.36. The number of hydrogen-bond acceptors (Lipinski definition) is 5. The summed E-state index contributed by atoms with van der Waals surface area (Å²) in [4.78, 5) is 22.5. The van der Waals surface area contributed by atoms with Crippen molar-refractivity contribution in [3.05, 3.63) is 63.2 Å². The number of rotatable bonds is 4. The monoisotopic (exact) mass is 442 g/mol. The van der Waals surface area contributed by atoms with E-state index in [2.05, 4.69) is 50.5 Å². The van der Waals surface area contributed by atoms with Crippen molar-refractivity contribution in [2.75, 3.05) is 37.6 Å². The molecular formula is C23H27ClN4OS. The van der Waals surface area contributed by atoms with Gasteiger partial charge in [-0.15, -0.1) is 23.7 Å². The van der Waals surface area contributed by atoms with Gasteiger partial charge in [-0.2, -0.15) is 0 Å². The van der Waals surface area contributed by atoms with Crippen LogP contribution in [0, 0.1) is 6.92 Å². The number of allylic oxidation sites excluding steroid dienone is 1. The molecule has 0 aliphatic carbocycles. The van der Waals surface area contributed by atoms with Gasteiger partial charge in [0.1, 0.15) is 5.82 Å². The highest BCUT2D eigenvalue weighted by Crippen LogP contribution is 2.31. The smallest absolute Gasteiger partial charge is 0.257 e. The first-order valence-corrected chi connectivity index (χ1v) is 11.3. The van der Waals surface area contributed by atoms with Gasteiger partial charge >= 0.3 is 0 Å². The SMILES string of the molecule is Cc1nc2n(c(=O)c1CCN1CCN(c3cccc4sccc34)CC1)CCC=C2.Cl. The number of aryl methyl sites for hydroxylation is 1. The highest BCUT2D eigenvalue weighted by atomic mass is 35.5. The van der Waals surface area contributed by atoms with Crippen molar-refractivity contribution in [3.8, 4) is 0 Å². The van der Waals surface area contributed by atoms with Crippen molar-refractivity contribution in [3.63, 3.8) is 0 Å². The number of halogens is 1. The van der Waals surface area contributed by atoms with Gasteiger partial charge in [-0.25, -0.2) is 4.98 Å². The maximum absolute atomic E-state index is 12.9. The van der Waals surface area contributed by atoms with Crippen LogP contribution < -0.4 is 10.5 Å². The molecule has 0 spiro atoms. The number of anilines is 1. The summed E-state index contributed by atoms with van der Waals surface area (Å²) in [6, 6.07) is 8.83. The van der Waals surface area contributed by atoms with E-state index in [4.69, 9.17) is 0 Å². The van der Waals surface area contributed by atoms with Crippen LogP contribution in [-0.4, -0.2) is 47.2 Å². The second kappa shape index (κ2) is 8.92. The van der Waals surface area contributed by atoms with Crippen LogP contribution in [0.25, 0.3) is 16.2 Å².